The highest BCUT2D eigenvalue weighted by molar-refractivity contribution is 14.1. The third-order valence-electron chi connectivity index (χ3n) is 2.82. The zero-order chi connectivity index (χ0) is 15.1. The van der Waals surface area contributed by atoms with Gasteiger partial charge in [-0.2, -0.15) is 0 Å². The van der Waals surface area contributed by atoms with E-state index in [1.54, 1.807) is 0 Å². The number of benzene rings is 1. The first kappa shape index (κ1) is 18.6. The molecule has 1 N–H and O–H groups in total. The molecule has 0 radical (unpaired) electrons. The van der Waals surface area contributed by atoms with Crippen LogP contribution in [0, 0.1) is 10.7 Å². The van der Waals surface area contributed by atoms with E-state index in [0.29, 0.717) is 0 Å². The van der Waals surface area contributed by atoms with Gasteiger partial charge in [-0.15, -0.1) is 0 Å². The van der Waals surface area contributed by atoms with Crippen LogP contribution in [0.3, 0.4) is 0 Å². The maximum Gasteiger partial charge on any atom is 0.303 e. The van der Waals surface area contributed by atoms with Crippen LogP contribution in [0.1, 0.15) is 32.6 Å². The van der Waals surface area contributed by atoms with E-state index in [0.717, 1.165) is 31.5 Å². The average Bonchev–Trinajstić information content (AvgIpc) is 2.39. The molecular formula is C14H16I3NO2. The smallest absolute Gasteiger partial charge is 0.303 e. The van der Waals surface area contributed by atoms with Crippen LogP contribution in [0.15, 0.2) is 12.1 Å². The van der Waals surface area contributed by atoms with Crippen LogP contribution >= 0.6 is 67.8 Å². The minimum atomic E-state index is -0.711. The van der Waals surface area contributed by atoms with Gasteiger partial charge < -0.3 is 9.68 Å². The number of carboxylic acids is 1. The third kappa shape index (κ3) is 6.12. The Morgan fingerprint density at radius 2 is 1.80 bits per heavy atom. The van der Waals surface area contributed by atoms with E-state index in [1.807, 2.05) is 6.92 Å². The highest BCUT2D eigenvalue weighted by atomic mass is 127. The highest BCUT2D eigenvalue weighted by Gasteiger charge is 2.06. The topological polar surface area (TPSA) is 40.3 Å². The van der Waals surface area contributed by atoms with Gasteiger partial charge in [-0.25, -0.2) is 0 Å². The van der Waals surface area contributed by atoms with E-state index in [9.17, 15) is 4.79 Å². The number of carboxylic acid groups (broad SMARTS) is 1. The molecule has 20 heavy (non-hydrogen) atoms. The summed E-state index contributed by atoms with van der Waals surface area (Å²) < 4.78 is 5.89. The van der Waals surface area contributed by atoms with Crippen molar-refractivity contribution in [2.24, 2.45) is 0 Å². The molecule has 0 aliphatic carbocycles. The molecule has 0 amide bonds. The summed E-state index contributed by atoms with van der Waals surface area (Å²) in [6, 6.07) is 4.33. The summed E-state index contributed by atoms with van der Waals surface area (Å²) in [5, 5.41) is 8.61. The van der Waals surface area contributed by atoms with Crippen LogP contribution < -0.4 is 0 Å². The monoisotopic (exact) mass is 611 g/mol. The van der Waals surface area contributed by atoms with Gasteiger partial charge in [0.1, 0.15) is 6.54 Å². The Labute approximate surface area is 160 Å². The second-order valence-electron chi connectivity index (χ2n) is 4.30. The molecule has 6 heteroatoms. The quantitative estimate of drug-likeness (QED) is 0.121. The minimum Gasteiger partial charge on any atom is -0.481 e. The lowest BCUT2D eigenvalue weighted by Gasteiger charge is -2.14. The van der Waals surface area contributed by atoms with Gasteiger partial charge in [-0.1, -0.05) is 19.1 Å². The fourth-order valence-corrected chi connectivity index (χ4v) is 3.84. The third-order valence-corrected chi connectivity index (χ3v) is 7.75. The van der Waals surface area contributed by atoms with Crippen molar-refractivity contribution in [1.82, 2.24) is 0 Å². The van der Waals surface area contributed by atoms with Gasteiger partial charge in [0.25, 0.3) is 0 Å². The van der Waals surface area contributed by atoms with Crippen LogP contribution in [0.25, 0.3) is 0 Å². The van der Waals surface area contributed by atoms with E-state index in [4.69, 9.17) is 5.11 Å². The minimum absolute atomic E-state index is 0.263. The Hall–Kier alpha value is 0.550. The molecule has 0 bridgehead atoms. The summed E-state index contributed by atoms with van der Waals surface area (Å²) in [6.45, 7) is 2.79. The molecular weight excluding hydrogens is 595 g/mol. The number of nitrogens with zero attached hydrogens (tertiary/aromatic N) is 1. The van der Waals surface area contributed by atoms with Gasteiger partial charge in [-0.05, 0) is 80.6 Å². The van der Waals surface area contributed by atoms with Crippen molar-refractivity contribution in [1.29, 1.82) is 0 Å². The summed E-state index contributed by atoms with van der Waals surface area (Å²) in [5.74, 6) is -0.711. The fourth-order valence-electron chi connectivity index (χ4n) is 1.79. The van der Waals surface area contributed by atoms with E-state index >= 15 is 0 Å². The van der Waals surface area contributed by atoms with E-state index < -0.39 is 5.97 Å². The summed E-state index contributed by atoms with van der Waals surface area (Å²) >= 11 is 7.06. The first-order valence-corrected chi connectivity index (χ1v) is 9.50. The van der Waals surface area contributed by atoms with Crippen molar-refractivity contribution in [3.05, 3.63) is 22.8 Å². The van der Waals surface area contributed by atoms with Crippen LogP contribution in [0.4, 0.5) is 5.69 Å². The number of rotatable bonds is 7. The molecule has 0 unspecified atom stereocenters. The molecule has 0 aliphatic heterocycles. The number of hydrogen-bond donors (Lipinski definition) is 1. The SMILES string of the molecule is C[C-]=[N+](CCCCCC(=O)O)c1cc(I)c(I)c(I)c1. The van der Waals surface area contributed by atoms with Crippen molar-refractivity contribution < 1.29 is 14.5 Å². The summed E-state index contributed by atoms with van der Waals surface area (Å²) in [6.07, 6.45) is 6.12. The zero-order valence-corrected chi connectivity index (χ0v) is 17.6. The van der Waals surface area contributed by atoms with Gasteiger partial charge in [-0.3, -0.25) is 4.79 Å². The van der Waals surface area contributed by atoms with Crippen molar-refractivity contribution in [3.63, 3.8) is 0 Å². The van der Waals surface area contributed by atoms with Crippen molar-refractivity contribution >= 4 is 85.6 Å². The van der Waals surface area contributed by atoms with E-state index in [2.05, 4.69) is 90.7 Å². The molecule has 1 aromatic carbocycles. The molecule has 0 fully saturated rings. The summed E-state index contributed by atoms with van der Waals surface area (Å²) in [5.41, 5.74) is 1.15. The Balaban J connectivity index is 2.61. The van der Waals surface area contributed by atoms with Crippen LogP contribution in [-0.4, -0.2) is 28.4 Å². The number of halogens is 3. The van der Waals surface area contributed by atoms with E-state index in [-0.39, 0.29) is 6.42 Å². The molecule has 110 valence electrons. The molecule has 0 aromatic heterocycles. The standard InChI is InChI=1S/C14H16I3NO2/c1-2-18(7-5-3-4-6-13(19)20)10-8-11(15)14(17)12(16)9-10/h8-9H,3-7H2,1H3,(H,19,20). The second kappa shape index (κ2) is 9.54. The predicted molar refractivity (Wildman–Crippen MR) is 106 cm³/mol. The maximum absolute atomic E-state index is 10.5. The maximum atomic E-state index is 10.5. The molecule has 1 rings (SSSR count). The molecule has 0 saturated heterocycles. The van der Waals surface area contributed by atoms with Gasteiger partial charge in [0.2, 0.25) is 0 Å². The number of carbonyl (C=O) groups is 1. The summed E-state index contributed by atoms with van der Waals surface area (Å²) in [7, 11) is 0. The Kier molecular flexibility index (Phi) is 8.87. The van der Waals surface area contributed by atoms with Crippen LogP contribution in [0.5, 0.6) is 0 Å². The highest BCUT2D eigenvalue weighted by Crippen LogP contribution is 2.27. The van der Waals surface area contributed by atoms with Crippen LogP contribution in [-0.2, 0) is 4.79 Å². The van der Waals surface area contributed by atoms with E-state index in [1.165, 1.54) is 10.7 Å². The Bertz CT molecular complexity index is 492. The lowest BCUT2D eigenvalue weighted by molar-refractivity contribution is -0.437. The Morgan fingerprint density at radius 1 is 1.20 bits per heavy atom. The zero-order valence-electron chi connectivity index (χ0n) is 11.1. The van der Waals surface area contributed by atoms with Gasteiger partial charge in [0.05, 0.1) is 5.69 Å². The van der Waals surface area contributed by atoms with Gasteiger partial charge in [0.15, 0.2) is 0 Å². The lowest BCUT2D eigenvalue weighted by Crippen LogP contribution is -2.09. The molecule has 0 saturated carbocycles. The lowest BCUT2D eigenvalue weighted by atomic mass is 10.2. The van der Waals surface area contributed by atoms with Gasteiger partial charge >= 0.3 is 5.97 Å². The molecule has 1 aromatic rings. The van der Waals surface area contributed by atoms with Crippen LogP contribution in [0.2, 0.25) is 0 Å². The summed E-state index contributed by atoms with van der Waals surface area (Å²) in [4.78, 5) is 10.5. The average molecular weight is 611 g/mol. The molecule has 0 aliphatic rings. The van der Waals surface area contributed by atoms with Crippen molar-refractivity contribution in [2.75, 3.05) is 6.54 Å². The number of aliphatic carboxylic acids is 1. The number of hydrogen-bond acceptors (Lipinski definition) is 1. The van der Waals surface area contributed by atoms with Crippen molar-refractivity contribution in [3.8, 4) is 0 Å². The molecule has 0 atom stereocenters. The fraction of sp³-hybridized carbons (Fsp3) is 0.429. The Morgan fingerprint density at radius 3 is 2.30 bits per heavy atom. The normalized spacial score (nSPS) is 11.7. The first-order valence-electron chi connectivity index (χ1n) is 6.27. The largest absolute Gasteiger partial charge is 0.481 e. The predicted octanol–water partition coefficient (Wildman–Crippen LogP) is 4.76. The molecule has 0 spiro atoms. The molecule has 3 nitrogen and oxygen atoms in total. The number of unbranched alkanes of at least 4 members (excludes halogenated alkanes) is 2. The van der Waals surface area contributed by atoms with Gasteiger partial charge in [0, 0.05) is 29.8 Å². The molecule has 0 heterocycles. The first-order chi connectivity index (χ1) is 9.45. The van der Waals surface area contributed by atoms with Crippen molar-refractivity contribution in [2.45, 2.75) is 32.6 Å². The second-order valence-corrected chi connectivity index (χ2v) is 7.71.